The highest BCUT2D eigenvalue weighted by molar-refractivity contribution is 7.09. The fraction of sp³-hybridized carbons (Fsp3) is 0.400. The zero-order chi connectivity index (χ0) is 12.0. The molecule has 1 rings (SSSR count). The Bertz CT molecular complexity index is 350. The zero-order valence-electron chi connectivity index (χ0n) is 8.80. The summed E-state index contributed by atoms with van der Waals surface area (Å²) in [4.78, 5) is 22.7. The maximum Gasteiger partial charge on any atom is 0.407 e. The summed E-state index contributed by atoms with van der Waals surface area (Å²) >= 11 is 1.53. The van der Waals surface area contributed by atoms with Gasteiger partial charge in [0.1, 0.15) is 0 Å². The lowest BCUT2D eigenvalue weighted by Gasteiger charge is -2.14. The molecule has 0 aliphatic rings. The highest BCUT2D eigenvalue weighted by Gasteiger charge is 2.17. The normalized spacial score (nSPS) is 11.8. The molecule has 16 heavy (non-hydrogen) atoms. The number of aliphatic carboxylic acids is 1. The van der Waals surface area contributed by atoms with E-state index >= 15 is 0 Å². The van der Waals surface area contributed by atoms with E-state index in [-0.39, 0.29) is 6.42 Å². The van der Waals surface area contributed by atoms with E-state index in [1.165, 1.54) is 18.4 Å². The number of thiophene rings is 1. The van der Waals surface area contributed by atoms with Crippen LogP contribution in [0.5, 0.6) is 0 Å². The summed E-state index contributed by atoms with van der Waals surface area (Å²) in [5.41, 5.74) is 0. The van der Waals surface area contributed by atoms with Gasteiger partial charge in [-0.05, 0) is 11.4 Å². The zero-order valence-corrected chi connectivity index (χ0v) is 9.62. The standard InChI is InChI=1S/C10H13NO4S/c1-15-10(14)11-7(6-9(12)13)5-8-3-2-4-16-8/h2-4,7H,5-6H2,1H3,(H,11,14)(H,12,13). The lowest BCUT2D eigenvalue weighted by atomic mass is 10.1. The fourth-order valence-corrected chi connectivity index (χ4v) is 2.07. The molecular weight excluding hydrogens is 230 g/mol. The first-order valence-corrected chi connectivity index (χ1v) is 5.58. The van der Waals surface area contributed by atoms with Gasteiger partial charge in [0, 0.05) is 17.3 Å². The third kappa shape index (κ3) is 4.31. The molecule has 0 radical (unpaired) electrons. The predicted octanol–water partition coefficient (Wildman–Crippen LogP) is 1.49. The average Bonchev–Trinajstić information content (AvgIpc) is 2.69. The van der Waals surface area contributed by atoms with Crippen molar-refractivity contribution in [1.29, 1.82) is 0 Å². The van der Waals surface area contributed by atoms with Crippen molar-refractivity contribution in [2.24, 2.45) is 0 Å². The van der Waals surface area contributed by atoms with Crippen LogP contribution in [-0.2, 0) is 16.0 Å². The van der Waals surface area contributed by atoms with Crippen molar-refractivity contribution >= 4 is 23.4 Å². The Morgan fingerprint density at radius 3 is 2.88 bits per heavy atom. The number of ether oxygens (including phenoxy) is 1. The summed E-state index contributed by atoms with van der Waals surface area (Å²) in [6.45, 7) is 0. The Morgan fingerprint density at radius 2 is 2.38 bits per heavy atom. The number of carbonyl (C=O) groups excluding carboxylic acids is 1. The van der Waals surface area contributed by atoms with Crippen LogP contribution in [0.4, 0.5) is 4.79 Å². The third-order valence-electron chi connectivity index (χ3n) is 1.96. The number of hydrogen-bond acceptors (Lipinski definition) is 4. The Kier molecular flexibility index (Phi) is 4.78. The van der Waals surface area contributed by atoms with E-state index in [0.29, 0.717) is 6.42 Å². The van der Waals surface area contributed by atoms with Crippen LogP contribution in [0.2, 0.25) is 0 Å². The number of rotatable bonds is 5. The highest BCUT2D eigenvalue weighted by Crippen LogP contribution is 2.12. The minimum atomic E-state index is -0.946. The van der Waals surface area contributed by atoms with Crippen LogP contribution in [0, 0.1) is 0 Å². The van der Waals surface area contributed by atoms with Crippen LogP contribution < -0.4 is 5.32 Å². The SMILES string of the molecule is COC(=O)NC(CC(=O)O)Cc1cccs1. The predicted molar refractivity (Wildman–Crippen MR) is 59.6 cm³/mol. The molecule has 0 saturated carbocycles. The number of alkyl carbamates (subject to hydrolysis) is 1. The van der Waals surface area contributed by atoms with Gasteiger partial charge in [-0.25, -0.2) is 4.79 Å². The molecule has 1 heterocycles. The monoisotopic (exact) mass is 243 g/mol. The van der Waals surface area contributed by atoms with E-state index in [1.54, 1.807) is 0 Å². The Morgan fingerprint density at radius 1 is 1.62 bits per heavy atom. The van der Waals surface area contributed by atoms with E-state index in [4.69, 9.17) is 5.11 Å². The molecule has 88 valence electrons. The van der Waals surface area contributed by atoms with Gasteiger partial charge in [-0.1, -0.05) is 6.07 Å². The number of methoxy groups -OCH3 is 1. The molecule has 1 aromatic rings. The smallest absolute Gasteiger partial charge is 0.407 e. The van der Waals surface area contributed by atoms with Crippen molar-refractivity contribution in [2.45, 2.75) is 18.9 Å². The van der Waals surface area contributed by atoms with Gasteiger partial charge in [-0.15, -0.1) is 11.3 Å². The average molecular weight is 243 g/mol. The molecule has 5 nitrogen and oxygen atoms in total. The summed E-state index contributed by atoms with van der Waals surface area (Å²) in [6, 6.07) is 3.35. The summed E-state index contributed by atoms with van der Waals surface area (Å²) in [7, 11) is 1.25. The van der Waals surface area contributed by atoms with Crippen LogP contribution in [0.25, 0.3) is 0 Å². The van der Waals surface area contributed by atoms with Crippen molar-refractivity contribution < 1.29 is 19.4 Å². The van der Waals surface area contributed by atoms with Gasteiger partial charge in [-0.2, -0.15) is 0 Å². The Hall–Kier alpha value is -1.56. The number of amides is 1. The summed E-state index contributed by atoms with van der Waals surface area (Å²) in [5, 5.41) is 13.1. The molecule has 0 fully saturated rings. The van der Waals surface area contributed by atoms with Crippen LogP contribution >= 0.6 is 11.3 Å². The van der Waals surface area contributed by atoms with Crippen LogP contribution in [0.1, 0.15) is 11.3 Å². The summed E-state index contributed by atoms with van der Waals surface area (Å²) in [5.74, 6) is -0.946. The third-order valence-corrected chi connectivity index (χ3v) is 2.85. The summed E-state index contributed by atoms with van der Waals surface area (Å²) in [6.07, 6.45) is -0.227. The molecule has 1 aromatic heterocycles. The molecule has 0 bridgehead atoms. The van der Waals surface area contributed by atoms with Gasteiger partial charge < -0.3 is 15.2 Å². The first-order valence-electron chi connectivity index (χ1n) is 4.70. The molecular formula is C10H13NO4S. The topological polar surface area (TPSA) is 75.6 Å². The van der Waals surface area contributed by atoms with Crippen molar-refractivity contribution in [3.05, 3.63) is 22.4 Å². The minimum absolute atomic E-state index is 0.118. The maximum atomic E-state index is 11.0. The van der Waals surface area contributed by atoms with Crippen molar-refractivity contribution in [2.75, 3.05) is 7.11 Å². The second-order valence-corrected chi connectivity index (χ2v) is 4.25. The molecule has 1 atom stereocenters. The second-order valence-electron chi connectivity index (χ2n) is 3.21. The van der Waals surface area contributed by atoms with E-state index < -0.39 is 18.1 Å². The van der Waals surface area contributed by atoms with E-state index in [2.05, 4.69) is 10.1 Å². The van der Waals surface area contributed by atoms with Crippen molar-refractivity contribution in [3.63, 3.8) is 0 Å². The molecule has 0 aliphatic carbocycles. The molecule has 0 saturated heterocycles. The van der Waals surface area contributed by atoms with Gasteiger partial charge in [0.05, 0.1) is 13.5 Å². The second kappa shape index (κ2) is 6.12. The number of hydrogen-bond donors (Lipinski definition) is 2. The van der Waals surface area contributed by atoms with Crippen LogP contribution in [-0.4, -0.2) is 30.3 Å². The van der Waals surface area contributed by atoms with Gasteiger partial charge in [0.25, 0.3) is 0 Å². The van der Waals surface area contributed by atoms with E-state index in [9.17, 15) is 9.59 Å². The molecule has 0 aliphatic heterocycles. The quantitative estimate of drug-likeness (QED) is 0.821. The molecule has 1 unspecified atom stereocenters. The van der Waals surface area contributed by atoms with Gasteiger partial charge in [-0.3, -0.25) is 4.79 Å². The first kappa shape index (κ1) is 12.5. The van der Waals surface area contributed by atoms with Gasteiger partial charge in [0.15, 0.2) is 0 Å². The lowest BCUT2D eigenvalue weighted by Crippen LogP contribution is -2.37. The van der Waals surface area contributed by atoms with Gasteiger partial charge in [0.2, 0.25) is 0 Å². The Balaban J connectivity index is 2.56. The van der Waals surface area contributed by atoms with Gasteiger partial charge >= 0.3 is 12.1 Å². The van der Waals surface area contributed by atoms with Crippen LogP contribution in [0.15, 0.2) is 17.5 Å². The molecule has 1 amide bonds. The summed E-state index contributed by atoms with van der Waals surface area (Å²) < 4.78 is 4.44. The largest absolute Gasteiger partial charge is 0.481 e. The van der Waals surface area contributed by atoms with E-state index in [0.717, 1.165) is 4.88 Å². The number of carboxylic acids is 1. The first-order chi connectivity index (χ1) is 7.61. The van der Waals surface area contributed by atoms with Crippen LogP contribution in [0.3, 0.4) is 0 Å². The fourth-order valence-electron chi connectivity index (χ4n) is 1.28. The molecule has 0 spiro atoms. The van der Waals surface area contributed by atoms with E-state index in [1.807, 2.05) is 17.5 Å². The molecule has 6 heteroatoms. The number of nitrogens with one attached hydrogen (secondary N) is 1. The lowest BCUT2D eigenvalue weighted by molar-refractivity contribution is -0.137. The van der Waals surface area contributed by atoms with Crippen molar-refractivity contribution in [3.8, 4) is 0 Å². The molecule has 2 N–H and O–H groups in total. The van der Waals surface area contributed by atoms with Crippen molar-refractivity contribution in [1.82, 2.24) is 5.32 Å². The highest BCUT2D eigenvalue weighted by atomic mass is 32.1. The minimum Gasteiger partial charge on any atom is -0.481 e. The Labute approximate surface area is 97.0 Å². The number of carbonyl (C=O) groups is 2. The maximum absolute atomic E-state index is 11.0. The molecule has 0 aromatic carbocycles. The number of carboxylic acid groups (broad SMARTS) is 1.